The van der Waals surface area contributed by atoms with Crippen molar-refractivity contribution in [2.24, 2.45) is 0 Å². The summed E-state index contributed by atoms with van der Waals surface area (Å²) in [6.45, 7) is 4.26. The van der Waals surface area contributed by atoms with E-state index in [1.165, 1.54) is 0 Å². The molecule has 4 heteroatoms. The molecule has 1 heterocycles. The van der Waals surface area contributed by atoms with E-state index in [2.05, 4.69) is 11.0 Å². The van der Waals surface area contributed by atoms with Crippen molar-refractivity contribution in [3.63, 3.8) is 0 Å². The molecule has 0 saturated carbocycles. The number of morpholine rings is 1. The molecule has 0 bridgehead atoms. The fourth-order valence-corrected chi connectivity index (χ4v) is 1.57. The Bertz CT molecular complexity index is 191. The monoisotopic (exact) mass is 198 g/mol. The van der Waals surface area contributed by atoms with Gasteiger partial charge in [0.05, 0.1) is 12.7 Å². The van der Waals surface area contributed by atoms with Crippen molar-refractivity contribution >= 4 is 0 Å². The van der Waals surface area contributed by atoms with E-state index in [1.54, 1.807) is 7.11 Å². The highest BCUT2D eigenvalue weighted by Gasteiger charge is 2.18. The Morgan fingerprint density at radius 2 is 2.43 bits per heavy atom. The molecular weight excluding hydrogens is 180 g/mol. The molecule has 1 fully saturated rings. The van der Waals surface area contributed by atoms with Gasteiger partial charge in [-0.2, -0.15) is 5.26 Å². The van der Waals surface area contributed by atoms with Crippen LogP contribution in [0.5, 0.6) is 0 Å². The van der Waals surface area contributed by atoms with E-state index in [4.69, 9.17) is 14.7 Å². The van der Waals surface area contributed by atoms with Crippen LogP contribution in [0.2, 0.25) is 0 Å². The van der Waals surface area contributed by atoms with Gasteiger partial charge in [0.2, 0.25) is 0 Å². The zero-order chi connectivity index (χ0) is 10.2. The summed E-state index contributed by atoms with van der Waals surface area (Å²) in [6, 6.07) is 2.15. The molecule has 4 nitrogen and oxygen atoms in total. The third kappa shape index (κ3) is 4.05. The molecule has 80 valence electrons. The molecule has 1 aliphatic heterocycles. The molecule has 0 aromatic rings. The van der Waals surface area contributed by atoms with E-state index in [0.29, 0.717) is 6.61 Å². The first-order valence-corrected chi connectivity index (χ1v) is 5.09. The first-order valence-electron chi connectivity index (χ1n) is 5.09. The molecule has 1 rings (SSSR count). The number of unbranched alkanes of at least 4 members (excludes halogenated alkanes) is 1. The predicted molar refractivity (Wildman–Crippen MR) is 52.9 cm³/mol. The van der Waals surface area contributed by atoms with Crippen LogP contribution in [0.25, 0.3) is 0 Å². The second-order valence-corrected chi connectivity index (χ2v) is 3.49. The quantitative estimate of drug-likeness (QED) is 0.608. The molecule has 1 atom stereocenters. The second kappa shape index (κ2) is 6.77. The number of nitriles is 1. The lowest BCUT2D eigenvalue weighted by molar-refractivity contribution is -0.000434. The Kier molecular flexibility index (Phi) is 5.53. The van der Waals surface area contributed by atoms with Gasteiger partial charge in [-0.15, -0.1) is 0 Å². The molecule has 1 unspecified atom stereocenters. The van der Waals surface area contributed by atoms with Crippen molar-refractivity contribution in [3.05, 3.63) is 0 Å². The smallest absolute Gasteiger partial charge is 0.156 e. The number of ether oxygens (including phenoxy) is 2. The van der Waals surface area contributed by atoms with Crippen molar-refractivity contribution in [1.29, 1.82) is 5.26 Å². The van der Waals surface area contributed by atoms with E-state index >= 15 is 0 Å². The van der Waals surface area contributed by atoms with Crippen LogP contribution in [-0.4, -0.2) is 51.0 Å². The lowest BCUT2D eigenvalue weighted by Gasteiger charge is -2.29. The van der Waals surface area contributed by atoms with Crippen LogP contribution in [0.1, 0.15) is 12.8 Å². The molecular formula is C10H18N2O2. The van der Waals surface area contributed by atoms with Gasteiger partial charge in [-0.05, 0) is 19.4 Å². The summed E-state index contributed by atoms with van der Waals surface area (Å²) >= 11 is 0. The van der Waals surface area contributed by atoms with Crippen LogP contribution in [-0.2, 0) is 9.47 Å². The summed E-state index contributed by atoms with van der Waals surface area (Å²) in [6.07, 6.45) is 1.99. The van der Waals surface area contributed by atoms with Gasteiger partial charge in [-0.25, -0.2) is 0 Å². The minimum atomic E-state index is -0.230. The minimum absolute atomic E-state index is 0.230. The van der Waals surface area contributed by atoms with E-state index in [-0.39, 0.29) is 6.10 Å². The number of hydrogen-bond donors (Lipinski definition) is 0. The van der Waals surface area contributed by atoms with Crippen molar-refractivity contribution in [2.75, 3.05) is 40.0 Å². The van der Waals surface area contributed by atoms with Crippen LogP contribution in [0.4, 0.5) is 0 Å². The Labute approximate surface area is 85.4 Å². The Morgan fingerprint density at radius 3 is 3.14 bits per heavy atom. The Hall–Kier alpha value is -0.630. The van der Waals surface area contributed by atoms with Crippen LogP contribution in [0.15, 0.2) is 0 Å². The van der Waals surface area contributed by atoms with Gasteiger partial charge >= 0.3 is 0 Å². The molecule has 0 radical (unpaired) electrons. The predicted octanol–water partition coefficient (Wildman–Crippen LogP) is 0.637. The number of nitrogens with zero attached hydrogens (tertiary/aromatic N) is 2. The topological polar surface area (TPSA) is 45.5 Å². The fraction of sp³-hybridized carbons (Fsp3) is 0.900. The van der Waals surface area contributed by atoms with Gasteiger partial charge in [0, 0.05) is 26.8 Å². The van der Waals surface area contributed by atoms with Gasteiger partial charge in [0.25, 0.3) is 0 Å². The highest BCUT2D eigenvalue weighted by Crippen LogP contribution is 2.05. The average molecular weight is 198 g/mol. The third-order valence-corrected chi connectivity index (χ3v) is 2.37. The molecule has 0 N–H and O–H groups in total. The van der Waals surface area contributed by atoms with Crippen molar-refractivity contribution in [3.8, 4) is 6.07 Å². The zero-order valence-electron chi connectivity index (χ0n) is 8.74. The molecule has 1 aliphatic rings. The highest BCUT2D eigenvalue weighted by molar-refractivity contribution is 4.89. The van der Waals surface area contributed by atoms with Crippen LogP contribution >= 0.6 is 0 Å². The van der Waals surface area contributed by atoms with Gasteiger partial charge in [-0.3, -0.25) is 4.90 Å². The van der Waals surface area contributed by atoms with Gasteiger partial charge in [-0.1, -0.05) is 0 Å². The van der Waals surface area contributed by atoms with E-state index in [1.807, 2.05) is 0 Å². The summed E-state index contributed by atoms with van der Waals surface area (Å²) in [5.41, 5.74) is 0. The summed E-state index contributed by atoms with van der Waals surface area (Å²) < 4.78 is 10.2. The molecule has 14 heavy (non-hydrogen) atoms. The van der Waals surface area contributed by atoms with Gasteiger partial charge in [0.1, 0.15) is 0 Å². The third-order valence-electron chi connectivity index (χ3n) is 2.37. The second-order valence-electron chi connectivity index (χ2n) is 3.49. The molecule has 0 amide bonds. The Balaban J connectivity index is 2.09. The molecule has 0 aromatic heterocycles. The van der Waals surface area contributed by atoms with Crippen molar-refractivity contribution in [1.82, 2.24) is 4.90 Å². The largest absolute Gasteiger partial charge is 0.385 e. The molecule has 0 spiro atoms. The summed E-state index contributed by atoms with van der Waals surface area (Å²) in [7, 11) is 1.72. The molecule has 0 aliphatic carbocycles. The fourth-order valence-electron chi connectivity index (χ4n) is 1.57. The maximum atomic E-state index is 8.70. The number of rotatable bonds is 5. The summed E-state index contributed by atoms with van der Waals surface area (Å²) in [5.74, 6) is 0. The van der Waals surface area contributed by atoms with Crippen LogP contribution in [0, 0.1) is 11.3 Å². The standard InChI is InChI=1S/C10H18N2O2/c1-13-6-3-2-4-12-5-7-14-10(8-11)9-12/h10H,2-7,9H2,1H3. The summed E-state index contributed by atoms with van der Waals surface area (Å²) in [4.78, 5) is 2.28. The van der Waals surface area contributed by atoms with Crippen molar-refractivity contribution < 1.29 is 9.47 Å². The lowest BCUT2D eigenvalue weighted by atomic mass is 10.2. The maximum absolute atomic E-state index is 8.70. The number of hydrogen-bond acceptors (Lipinski definition) is 4. The molecule has 0 aromatic carbocycles. The van der Waals surface area contributed by atoms with Gasteiger partial charge < -0.3 is 9.47 Å². The molecule has 1 saturated heterocycles. The number of methoxy groups -OCH3 is 1. The SMILES string of the molecule is COCCCCN1CCOC(C#N)C1. The minimum Gasteiger partial charge on any atom is -0.385 e. The first-order chi connectivity index (χ1) is 6.86. The van der Waals surface area contributed by atoms with Gasteiger partial charge in [0.15, 0.2) is 6.10 Å². The van der Waals surface area contributed by atoms with E-state index < -0.39 is 0 Å². The Morgan fingerprint density at radius 1 is 1.57 bits per heavy atom. The average Bonchev–Trinajstić information content (AvgIpc) is 2.25. The lowest BCUT2D eigenvalue weighted by Crippen LogP contribution is -2.42. The van der Waals surface area contributed by atoms with Crippen molar-refractivity contribution in [2.45, 2.75) is 18.9 Å². The summed E-state index contributed by atoms with van der Waals surface area (Å²) in [5, 5.41) is 8.70. The normalized spacial score (nSPS) is 23.3. The van der Waals surface area contributed by atoms with E-state index in [0.717, 1.165) is 39.1 Å². The van der Waals surface area contributed by atoms with Crippen LogP contribution in [0.3, 0.4) is 0 Å². The zero-order valence-corrected chi connectivity index (χ0v) is 8.74. The van der Waals surface area contributed by atoms with Crippen LogP contribution < -0.4 is 0 Å². The first kappa shape index (κ1) is 11.4. The highest BCUT2D eigenvalue weighted by atomic mass is 16.5. The van der Waals surface area contributed by atoms with E-state index in [9.17, 15) is 0 Å². The maximum Gasteiger partial charge on any atom is 0.156 e.